The monoisotopic (exact) mass is 538 g/mol. The van der Waals surface area contributed by atoms with Crippen LogP contribution in [0.1, 0.15) is 36.8 Å². The Labute approximate surface area is 228 Å². The molecule has 10 heteroatoms. The van der Waals surface area contributed by atoms with Gasteiger partial charge < -0.3 is 9.52 Å². The van der Waals surface area contributed by atoms with Gasteiger partial charge in [0.2, 0.25) is 11.8 Å². The SMILES string of the molecule is C[C@@]12C(=O)N(c3ccccc3)C(=O)[C@@H]1C[C@@H]1C(=CCn3c(=O)n(-c4ccccc4)c(=O)n31)[C@@H]2c1ccc(CO)o1. The van der Waals surface area contributed by atoms with Gasteiger partial charge in [-0.1, -0.05) is 42.5 Å². The third kappa shape index (κ3) is 3.13. The number of allylic oxidation sites excluding steroid dienone is 2. The average molecular weight is 539 g/mol. The molecule has 1 saturated heterocycles. The van der Waals surface area contributed by atoms with Gasteiger partial charge in [0.25, 0.3) is 0 Å². The van der Waals surface area contributed by atoms with Crippen LogP contribution in [0.5, 0.6) is 0 Å². The maximum Gasteiger partial charge on any atom is 0.352 e. The van der Waals surface area contributed by atoms with Crippen molar-refractivity contribution in [2.45, 2.75) is 38.5 Å². The summed E-state index contributed by atoms with van der Waals surface area (Å²) in [5.74, 6) is -1.44. The molecule has 1 N–H and O–H groups in total. The molecule has 10 nitrogen and oxygen atoms in total. The van der Waals surface area contributed by atoms with Gasteiger partial charge in [-0.2, -0.15) is 0 Å². The van der Waals surface area contributed by atoms with Crippen molar-refractivity contribution >= 4 is 17.5 Å². The number of carbonyl (C=O) groups excluding carboxylic acids is 2. The Kier molecular flexibility index (Phi) is 5.27. The van der Waals surface area contributed by atoms with Crippen LogP contribution in [-0.2, 0) is 22.7 Å². The molecule has 1 aliphatic carbocycles. The summed E-state index contributed by atoms with van der Waals surface area (Å²) in [4.78, 5) is 56.8. The van der Waals surface area contributed by atoms with E-state index in [-0.39, 0.29) is 31.4 Å². The number of fused-ring (bicyclic) bond motifs is 4. The average Bonchev–Trinajstić information content (AvgIpc) is 3.60. The molecule has 2 fully saturated rings. The lowest BCUT2D eigenvalue weighted by molar-refractivity contribution is -0.129. The number of aliphatic hydroxyl groups is 1. The van der Waals surface area contributed by atoms with Crippen LogP contribution in [0.2, 0.25) is 0 Å². The van der Waals surface area contributed by atoms with Crippen molar-refractivity contribution in [3.8, 4) is 5.69 Å². The Morgan fingerprint density at radius 3 is 2.23 bits per heavy atom. The van der Waals surface area contributed by atoms with Crippen molar-refractivity contribution < 1.29 is 19.1 Å². The molecule has 2 aromatic heterocycles. The van der Waals surface area contributed by atoms with E-state index in [1.807, 2.05) is 12.1 Å². The first-order valence-electron chi connectivity index (χ1n) is 13.2. The van der Waals surface area contributed by atoms with Gasteiger partial charge in [-0.25, -0.2) is 28.4 Å². The highest BCUT2D eigenvalue weighted by molar-refractivity contribution is 6.24. The van der Waals surface area contributed by atoms with Gasteiger partial charge in [0.15, 0.2) is 0 Å². The molecule has 4 heterocycles. The van der Waals surface area contributed by atoms with Crippen LogP contribution >= 0.6 is 0 Å². The second kappa shape index (κ2) is 8.65. The van der Waals surface area contributed by atoms with Crippen LogP contribution in [0.25, 0.3) is 5.69 Å². The molecule has 2 aliphatic heterocycles. The van der Waals surface area contributed by atoms with Crippen LogP contribution in [0, 0.1) is 11.3 Å². The zero-order valence-electron chi connectivity index (χ0n) is 21.6. The molecule has 3 aliphatic rings. The Balaban J connectivity index is 1.43. The molecule has 1 saturated carbocycles. The first kappa shape index (κ1) is 24.3. The number of aliphatic hydroxyl groups excluding tert-OH is 1. The number of amides is 2. The van der Waals surface area contributed by atoms with Crippen molar-refractivity contribution in [2.24, 2.45) is 11.3 Å². The van der Waals surface area contributed by atoms with Gasteiger partial charge in [-0.15, -0.1) is 0 Å². The van der Waals surface area contributed by atoms with E-state index in [2.05, 4.69) is 0 Å². The fraction of sp³-hybridized carbons (Fsp3) is 0.267. The minimum atomic E-state index is -1.21. The summed E-state index contributed by atoms with van der Waals surface area (Å²) in [6.45, 7) is 1.58. The highest BCUT2D eigenvalue weighted by atomic mass is 16.4. The van der Waals surface area contributed by atoms with E-state index in [1.165, 1.54) is 14.3 Å². The van der Waals surface area contributed by atoms with Crippen molar-refractivity contribution in [1.82, 2.24) is 13.9 Å². The first-order valence-corrected chi connectivity index (χ1v) is 13.2. The predicted octanol–water partition coefficient (Wildman–Crippen LogP) is 2.75. The third-order valence-corrected chi connectivity index (χ3v) is 8.69. The summed E-state index contributed by atoms with van der Waals surface area (Å²) in [5, 5.41) is 9.70. The van der Waals surface area contributed by atoms with Gasteiger partial charge in [-0.3, -0.25) is 9.59 Å². The molecule has 0 unspecified atom stereocenters. The number of aromatic nitrogens is 3. The summed E-state index contributed by atoms with van der Waals surface area (Å²) in [6, 6.07) is 20.2. The third-order valence-electron chi connectivity index (χ3n) is 8.69. The van der Waals surface area contributed by atoms with E-state index >= 15 is 0 Å². The maximum atomic E-state index is 14.2. The molecule has 2 aromatic carbocycles. The molecule has 0 bridgehead atoms. The van der Waals surface area contributed by atoms with Crippen LogP contribution in [0.3, 0.4) is 0 Å². The van der Waals surface area contributed by atoms with E-state index in [4.69, 9.17) is 4.42 Å². The fourth-order valence-corrected chi connectivity index (χ4v) is 6.83. The molecule has 40 heavy (non-hydrogen) atoms. The number of carbonyl (C=O) groups is 2. The van der Waals surface area contributed by atoms with Gasteiger partial charge in [0, 0.05) is 0 Å². The van der Waals surface area contributed by atoms with Gasteiger partial charge in [0.05, 0.1) is 41.2 Å². The van der Waals surface area contributed by atoms with Crippen molar-refractivity contribution in [1.29, 1.82) is 0 Å². The molecule has 202 valence electrons. The molecular weight excluding hydrogens is 512 g/mol. The standard InChI is InChI=1S/C30H26N4O6/c1-30-22(26(36)32(27(30)37)18-8-4-2-5-9-18)16-23-21(25(30)24-13-12-20(17-35)40-24)14-15-31-28(38)33(29(39)34(23)31)19-10-6-3-7-11-19/h2-14,22-23,25,35H,15-17H2,1H3/t22-,23+,25+,30+/m0/s1. The quantitative estimate of drug-likeness (QED) is 0.315. The second-order valence-electron chi connectivity index (χ2n) is 10.7. The highest BCUT2D eigenvalue weighted by Gasteiger charge is 2.66. The summed E-state index contributed by atoms with van der Waals surface area (Å²) in [5.41, 5.74) is -0.539. The predicted molar refractivity (Wildman–Crippen MR) is 144 cm³/mol. The van der Waals surface area contributed by atoms with Gasteiger partial charge >= 0.3 is 11.4 Å². The lowest BCUT2D eigenvalue weighted by Gasteiger charge is -2.45. The highest BCUT2D eigenvalue weighted by Crippen LogP contribution is 2.61. The number of rotatable bonds is 4. The molecule has 4 aromatic rings. The van der Waals surface area contributed by atoms with Crippen LogP contribution < -0.4 is 16.3 Å². The lowest BCUT2D eigenvalue weighted by Crippen LogP contribution is -2.49. The molecule has 2 amide bonds. The Bertz CT molecular complexity index is 1810. The first-order chi connectivity index (χ1) is 19.4. The summed E-state index contributed by atoms with van der Waals surface area (Å²) in [6.07, 6.45) is 2.04. The van der Waals surface area contributed by atoms with Crippen LogP contribution in [-0.4, -0.2) is 30.9 Å². The van der Waals surface area contributed by atoms with Crippen molar-refractivity contribution in [3.05, 3.63) is 117 Å². The van der Waals surface area contributed by atoms with E-state index < -0.39 is 34.7 Å². The van der Waals surface area contributed by atoms with Crippen LogP contribution in [0.4, 0.5) is 5.69 Å². The van der Waals surface area contributed by atoms with E-state index in [1.54, 1.807) is 73.7 Å². The number of nitrogens with zero attached hydrogens (tertiary/aromatic N) is 4. The molecule has 0 radical (unpaired) electrons. The number of hydrogen-bond acceptors (Lipinski definition) is 6. The minimum Gasteiger partial charge on any atom is -0.463 e. The molecular formula is C30H26N4O6. The van der Waals surface area contributed by atoms with Crippen molar-refractivity contribution in [2.75, 3.05) is 4.90 Å². The van der Waals surface area contributed by atoms with Gasteiger partial charge in [-0.05, 0) is 55.3 Å². The minimum absolute atomic E-state index is 0.120. The number of para-hydroxylation sites is 2. The number of benzene rings is 2. The van der Waals surface area contributed by atoms with Crippen LogP contribution in [0.15, 0.2) is 98.5 Å². The zero-order chi connectivity index (χ0) is 27.8. The largest absolute Gasteiger partial charge is 0.463 e. The second-order valence-corrected chi connectivity index (χ2v) is 10.7. The topological polar surface area (TPSA) is 120 Å². The van der Waals surface area contributed by atoms with Crippen molar-refractivity contribution in [3.63, 3.8) is 0 Å². The summed E-state index contributed by atoms with van der Waals surface area (Å²) >= 11 is 0. The summed E-state index contributed by atoms with van der Waals surface area (Å²) in [7, 11) is 0. The number of anilines is 1. The number of imide groups is 1. The summed E-state index contributed by atoms with van der Waals surface area (Å²) < 4.78 is 9.95. The number of furan rings is 1. The molecule has 4 atom stereocenters. The van der Waals surface area contributed by atoms with Gasteiger partial charge in [0.1, 0.15) is 18.1 Å². The maximum absolute atomic E-state index is 14.2. The Hall–Kier alpha value is -4.70. The normalized spacial score (nSPS) is 25.4. The molecule has 0 spiro atoms. The molecule has 7 rings (SSSR count). The van der Waals surface area contributed by atoms with E-state index in [0.717, 1.165) is 10.1 Å². The smallest absolute Gasteiger partial charge is 0.352 e. The number of hydrogen-bond donors (Lipinski definition) is 1. The fourth-order valence-electron chi connectivity index (χ4n) is 6.83. The Morgan fingerprint density at radius 2 is 1.57 bits per heavy atom. The lowest BCUT2D eigenvalue weighted by atomic mass is 9.58. The van der Waals surface area contributed by atoms with E-state index in [9.17, 15) is 24.3 Å². The Morgan fingerprint density at radius 1 is 0.900 bits per heavy atom. The van der Waals surface area contributed by atoms with E-state index in [0.29, 0.717) is 22.9 Å². The zero-order valence-corrected chi connectivity index (χ0v) is 21.6.